The summed E-state index contributed by atoms with van der Waals surface area (Å²) in [6.07, 6.45) is 0. The Morgan fingerprint density at radius 2 is 1.71 bits per heavy atom. The summed E-state index contributed by atoms with van der Waals surface area (Å²) in [6.45, 7) is 0. The molecule has 6 heteroatoms. The molecule has 0 aliphatic carbocycles. The molecule has 3 aromatic rings. The maximum absolute atomic E-state index is 13.4. The largest absolute Gasteiger partial charge is 0.459 e. The lowest BCUT2D eigenvalue weighted by Gasteiger charge is -2.16. The summed E-state index contributed by atoms with van der Waals surface area (Å²) in [7, 11) is 0. The van der Waals surface area contributed by atoms with E-state index in [9.17, 15) is 8.78 Å². The number of anilines is 1. The Morgan fingerprint density at radius 1 is 1.00 bits per heavy atom. The summed E-state index contributed by atoms with van der Waals surface area (Å²) in [5, 5.41) is 0.597. The first-order valence-corrected chi connectivity index (χ1v) is 6.28. The number of hydrogen-bond donors (Lipinski definition) is 3. The van der Waals surface area contributed by atoms with E-state index in [1.807, 2.05) is 0 Å². The van der Waals surface area contributed by atoms with Gasteiger partial charge in [-0.25, -0.2) is 14.2 Å². The molecule has 0 spiro atoms. The molecule has 4 nitrogen and oxygen atoms in total. The third-order valence-electron chi connectivity index (χ3n) is 3.31. The van der Waals surface area contributed by atoms with Crippen molar-refractivity contribution in [1.29, 1.82) is 0 Å². The average molecular weight is 289 g/mol. The lowest BCUT2D eigenvalue weighted by atomic mass is 10.0. The number of nitrogens with one attached hydrogen (secondary N) is 1. The van der Waals surface area contributed by atoms with Crippen molar-refractivity contribution in [2.24, 2.45) is 5.84 Å². The Balaban J connectivity index is 2.11. The second-order valence-corrected chi connectivity index (χ2v) is 4.70. The van der Waals surface area contributed by atoms with Gasteiger partial charge in [0.1, 0.15) is 29.0 Å². The molecule has 5 N–H and O–H groups in total. The molecule has 0 saturated carbocycles. The summed E-state index contributed by atoms with van der Waals surface area (Å²) >= 11 is 0. The van der Waals surface area contributed by atoms with E-state index in [1.165, 1.54) is 36.4 Å². The normalized spacial score (nSPS) is 12.7. The third-order valence-corrected chi connectivity index (χ3v) is 3.31. The van der Waals surface area contributed by atoms with Crippen molar-refractivity contribution in [3.05, 3.63) is 65.4 Å². The number of fused-ring (bicyclic) bond motifs is 1. The van der Waals surface area contributed by atoms with Gasteiger partial charge in [0.2, 0.25) is 0 Å². The van der Waals surface area contributed by atoms with Gasteiger partial charge < -0.3 is 10.2 Å². The molecule has 0 bridgehead atoms. The lowest BCUT2D eigenvalue weighted by molar-refractivity contribution is 0.476. The highest BCUT2D eigenvalue weighted by Crippen LogP contribution is 2.31. The fraction of sp³-hybridized carbons (Fsp3) is 0.0667. The summed E-state index contributed by atoms with van der Waals surface area (Å²) in [6, 6.07) is 9.20. The van der Waals surface area contributed by atoms with Crippen molar-refractivity contribution in [2.45, 2.75) is 6.04 Å². The van der Waals surface area contributed by atoms with Gasteiger partial charge in [-0.05, 0) is 42.5 Å². The molecule has 3 rings (SSSR count). The zero-order valence-electron chi connectivity index (χ0n) is 10.9. The Bertz CT molecular complexity index is 801. The first kappa shape index (κ1) is 13.5. The number of halogens is 2. The minimum Gasteiger partial charge on any atom is -0.459 e. The van der Waals surface area contributed by atoms with Crippen molar-refractivity contribution < 1.29 is 13.2 Å². The topological polar surface area (TPSA) is 77.2 Å². The maximum Gasteiger partial charge on any atom is 0.134 e. The zero-order valence-corrected chi connectivity index (χ0v) is 10.9. The second-order valence-electron chi connectivity index (χ2n) is 4.70. The van der Waals surface area contributed by atoms with Gasteiger partial charge in [0.25, 0.3) is 0 Å². The monoisotopic (exact) mass is 289 g/mol. The molecule has 1 atom stereocenters. The molecule has 1 aromatic heterocycles. The van der Waals surface area contributed by atoms with Crippen molar-refractivity contribution in [2.75, 3.05) is 5.73 Å². The molecule has 0 fully saturated rings. The minimum atomic E-state index is -0.629. The van der Waals surface area contributed by atoms with Gasteiger partial charge >= 0.3 is 0 Å². The van der Waals surface area contributed by atoms with Crippen molar-refractivity contribution in [1.82, 2.24) is 5.43 Å². The molecule has 1 unspecified atom stereocenters. The van der Waals surface area contributed by atoms with Crippen molar-refractivity contribution in [3.8, 4) is 0 Å². The van der Waals surface area contributed by atoms with Crippen LogP contribution in [-0.2, 0) is 0 Å². The predicted molar refractivity (Wildman–Crippen MR) is 76.2 cm³/mol. The molecule has 21 heavy (non-hydrogen) atoms. The van der Waals surface area contributed by atoms with Gasteiger partial charge in [0.05, 0.1) is 0 Å². The molecule has 2 aromatic carbocycles. The standard InChI is InChI=1S/C15H13F2N3O/c16-9-2-4-13-8(5-9)6-14(21-13)15(20-19)11-7-10(17)1-3-12(11)18/h1-7,15,20H,18-19H2. The van der Waals surface area contributed by atoms with Gasteiger partial charge in [0, 0.05) is 16.6 Å². The van der Waals surface area contributed by atoms with Crippen LogP contribution in [0.5, 0.6) is 0 Å². The summed E-state index contributed by atoms with van der Waals surface area (Å²) < 4.78 is 32.3. The number of hydrazine groups is 1. The minimum absolute atomic E-state index is 0.364. The summed E-state index contributed by atoms with van der Waals surface area (Å²) in [5.41, 5.74) is 9.75. The first-order valence-electron chi connectivity index (χ1n) is 6.28. The smallest absolute Gasteiger partial charge is 0.134 e. The van der Waals surface area contributed by atoms with Crippen LogP contribution in [0.3, 0.4) is 0 Å². The van der Waals surface area contributed by atoms with Gasteiger partial charge in [-0.2, -0.15) is 0 Å². The van der Waals surface area contributed by atoms with Crippen LogP contribution in [0.25, 0.3) is 11.0 Å². The molecule has 0 radical (unpaired) electrons. The van der Waals surface area contributed by atoms with E-state index in [-0.39, 0.29) is 5.82 Å². The number of benzene rings is 2. The number of rotatable bonds is 3. The molecule has 1 heterocycles. The number of furan rings is 1. The maximum atomic E-state index is 13.4. The SMILES string of the molecule is NNC(c1cc2cc(F)ccc2o1)c1cc(F)ccc1N. The van der Waals surface area contributed by atoms with Crippen LogP contribution in [0.15, 0.2) is 46.9 Å². The van der Waals surface area contributed by atoms with Crippen LogP contribution in [0.2, 0.25) is 0 Å². The van der Waals surface area contributed by atoms with E-state index in [2.05, 4.69) is 5.43 Å². The van der Waals surface area contributed by atoms with Crippen LogP contribution in [-0.4, -0.2) is 0 Å². The van der Waals surface area contributed by atoms with Gasteiger partial charge in [-0.3, -0.25) is 5.84 Å². The summed E-state index contributed by atoms with van der Waals surface area (Å²) in [4.78, 5) is 0. The Morgan fingerprint density at radius 3 is 2.48 bits per heavy atom. The Kier molecular flexibility index (Phi) is 3.32. The summed E-state index contributed by atoms with van der Waals surface area (Å²) in [5.74, 6) is 5.18. The fourth-order valence-electron chi connectivity index (χ4n) is 2.30. The molecular weight excluding hydrogens is 276 g/mol. The van der Waals surface area contributed by atoms with Crippen LogP contribution in [0.4, 0.5) is 14.5 Å². The highest BCUT2D eigenvalue weighted by atomic mass is 19.1. The quantitative estimate of drug-likeness (QED) is 0.393. The van der Waals surface area contributed by atoms with E-state index >= 15 is 0 Å². The fourth-order valence-corrected chi connectivity index (χ4v) is 2.30. The van der Waals surface area contributed by atoms with E-state index < -0.39 is 11.9 Å². The van der Waals surface area contributed by atoms with Crippen LogP contribution in [0, 0.1) is 11.6 Å². The van der Waals surface area contributed by atoms with E-state index in [0.717, 1.165) is 0 Å². The second kappa shape index (κ2) is 5.16. The average Bonchev–Trinajstić information content (AvgIpc) is 2.86. The van der Waals surface area contributed by atoms with E-state index in [0.29, 0.717) is 28.0 Å². The molecule has 0 aliphatic heterocycles. The Labute approximate surface area is 119 Å². The van der Waals surface area contributed by atoms with Crippen molar-refractivity contribution >= 4 is 16.7 Å². The van der Waals surface area contributed by atoms with Gasteiger partial charge in [-0.1, -0.05) is 0 Å². The van der Waals surface area contributed by atoms with Crippen LogP contribution < -0.4 is 17.0 Å². The first-order chi connectivity index (χ1) is 10.1. The molecule has 0 aliphatic rings. The molecule has 0 saturated heterocycles. The number of nitrogens with two attached hydrogens (primary N) is 2. The highest BCUT2D eigenvalue weighted by Gasteiger charge is 2.20. The zero-order chi connectivity index (χ0) is 15.0. The van der Waals surface area contributed by atoms with Gasteiger partial charge in [-0.15, -0.1) is 0 Å². The third kappa shape index (κ3) is 2.46. The molecule has 108 valence electrons. The van der Waals surface area contributed by atoms with Crippen LogP contribution >= 0.6 is 0 Å². The predicted octanol–water partition coefficient (Wildman–Crippen LogP) is 2.85. The Hall–Kier alpha value is -2.44. The lowest BCUT2D eigenvalue weighted by Crippen LogP contribution is -2.29. The number of hydrogen-bond acceptors (Lipinski definition) is 4. The number of nitrogen functional groups attached to an aromatic ring is 1. The molecular formula is C15H13F2N3O. The van der Waals surface area contributed by atoms with E-state index in [1.54, 1.807) is 6.07 Å². The molecule has 0 amide bonds. The highest BCUT2D eigenvalue weighted by molar-refractivity contribution is 5.78. The van der Waals surface area contributed by atoms with Crippen molar-refractivity contribution in [3.63, 3.8) is 0 Å². The van der Waals surface area contributed by atoms with Crippen LogP contribution in [0.1, 0.15) is 17.4 Å². The van der Waals surface area contributed by atoms with E-state index in [4.69, 9.17) is 16.0 Å². The van der Waals surface area contributed by atoms with Gasteiger partial charge in [0.15, 0.2) is 0 Å².